The minimum Gasteiger partial charge on any atom is -0.507 e. The van der Waals surface area contributed by atoms with Gasteiger partial charge in [0.2, 0.25) is 0 Å². The third kappa shape index (κ3) is 2.90. The van der Waals surface area contributed by atoms with Crippen molar-refractivity contribution < 1.29 is 18.7 Å². The second kappa shape index (κ2) is 5.75. The third-order valence-electron chi connectivity index (χ3n) is 3.58. The van der Waals surface area contributed by atoms with Crippen LogP contribution < -0.4 is 0 Å². The van der Waals surface area contributed by atoms with Crippen molar-refractivity contribution in [3.8, 4) is 5.75 Å². The van der Waals surface area contributed by atoms with Crippen LogP contribution in [0.1, 0.15) is 24.2 Å². The Labute approximate surface area is 116 Å². The predicted octanol–water partition coefficient (Wildman–Crippen LogP) is 1.84. The normalized spacial score (nSPS) is 16.8. The molecule has 1 saturated heterocycles. The third-order valence-corrected chi connectivity index (χ3v) is 3.58. The highest BCUT2D eigenvalue weighted by molar-refractivity contribution is 5.97. The molecule has 1 N–H and O–H groups in total. The number of carbonyl (C=O) groups is 1. The molecule has 1 fully saturated rings. The van der Waals surface area contributed by atoms with Crippen molar-refractivity contribution in [1.29, 1.82) is 0 Å². The average Bonchev–Trinajstić information content (AvgIpc) is 2.37. The number of amides is 1. The molecular weight excluding hydrogens is 266 g/mol. The fourth-order valence-corrected chi connectivity index (χ4v) is 2.37. The van der Waals surface area contributed by atoms with Crippen molar-refractivity contribution in [2.24, 2.45) is 0 Å². The molecule has 1 aliphatic heterocycles. The molecule has 0 atom stereocenters. The lowest BCUT2D eigenvalue weighted by Crippen LogP contribution is -2.50. The van der Waals surface area contributed by atoms with E-state index in [1.807, 2.05) is 0 Å². The molecule has 0 unspecified atom stereocenters. The van der Waals surface area contributed by atoms with E-state index >= 15 is 0 Å². The largest absolute Gasteiger partial charge is 0.507 e. The van der Waals surface area contributed by atoms with E-state index < -0.39 is 28.9 Å². The van der Waals surface area contributed by atoms with Gasteiger partial charge in [-0.1, -0.05) is 0 Å². The molecule has 2 rings (SSSR count). The first-order chi connectivity index (χ1) is 9.40. The van der Waals surface area contributed by atoms with Gasteiger partial charge in [0.25, 0.3) is 5.91 Å². The van der Waals surface area contributed by atoms with Crippen LogP contribution in [0.15, 0.2) is 12.1 Å². The Balaban J connectivity index is 2.14. The van der Waals surface area contributed by atoms with Crippen molar-refractivity contribution in [3.05, 3.63) is 29.3 Å². The Bertz CT molecular complexity index is 489. The summed E-state index contributed by atoms with van der Waals surface area (Å²) in [6.45, 7) is 6.48. The maximum absolute atomic E-state index is 13.7. The first-order valence-electron chi connectivity index (χ1n) is 6.61. The number of phenols is 1. The Hall–Kier alpha value is -1.69. The highest BCUT2D eigenvalue weighted by Crippen LogP contribution is 2.24. The van der Waals surface area contributed by atoms with Crippen LogP contribution in [0.3, 0.4) is 0 Å². The van der Waals surface area contributed by atoms with E-state index in [0.29, 0.717) is 38.3 Å². The SMILES string of the molecule is CC(C)N1CCN(C(=O)c2c(O)cc(F)cc2F)CC1. The molecule has 1 aliphatic rings. The molecule has 0 bridgehead atoms. The zero-order valence-electron chi connectivity index (χ0n) is 11.6. The molecule has 1 aromatic carbocycles. The Morgan fingerprint density at radius 2 is 1.80 bits per heavy atom. The first-order valence-corrected chi connectivity index (χ1v) is 6.61. The monoisotopic (exact) mass is 284 g/mol. The zero-order chi connectivity index (χ0) is 14.9. The van der Waals surface area contributed by atoms with Gasteiger partial charge in [0, 0.05) is 44.4 Å². The summed E-state index contributed by atoms with van der Waals surface area (Å²) in [5, 5.41) is 9.58. The van der Waals surface area contributed by atoms with Crippen molar-refractivity contribution in [2.45, 2.75) is 19.9 Å². The number of hydrogen-bond donors (Lipinski definition) is 1. The molecule has 1 heterocycles. The summed E-state index contributed by atoms with van der Waals surface area (Å²) in [5.41, 5.74) is -0.454. The summed E-state index contributed by atoms with van der Waals surface area (Å²) in [5.74, 6) is -3.18. The van der Waals surface area contributed by atoms with Crippen LogP contribution >= 0.6 is 0 Å². The molecule has 6 heteroatoms. The van der Waals surface area contributed by atoms with Crippen LogP contribution in [0.25, 0.3) is 0 Å². The van der Waals surface area contributed by atoms with Gasteiger partial charge in [-0.3, -0.25) is 9.69 Å². The number of carbonyl (C=O) groups excluding carboxylic acids is 1. The Morgan fingerprint density at radius 1 is 1.20 bits per heavy atom. The zero-order valence-corrected chi connectivity index (χ0v) is 11.6. The number of nitrogens with zero attached hydrogens (tertiary/aromatic N) is 2. The summed E-state index contributed by atoms with van der Waals surface area (Å²) >= 11 is 0. The molecule has 0 aromatic heterocycles. The number of piperazine rings is 1. The van der Waals surface area contributed by atoms with Gasteiger partial charge in [-0.25, -0.2) is 8.78 Å². The van der Waals surface area contributed by atoms with E-state index in [2.05, 4.69) is 18.7 Å². The van der Waals surface area contributed by atoms with Crippen LogP contribution in [0, 0.1) is 11.6 Å². The smallest absolute Gasteiger partial charge is 0.260 e. The van der Waals surface area contributed by atoms with Crippen LogP contribution in [0.5, 0.6) is 5.75 Å². The molecule has 0 radical (unpaired) electrons. The van der Waals surface area contributed by atoms with Gasteiger partial charge >= 0.3 is 0 Å². The number of halogens is 2. The summed E-state index contributed by atoms with van der Waals surface area (Å²) in [6.07, 6.45) is 0. The van der Waals surface area contributed by atoms with Gasteiger partial charge in [0.05, 0.1) is 0 Å². The van der Waals surface area contributed by atoms with Crippen molar-refractivity contribution >= 4 is 5.91 Å². The van der Waals surface area contributed by atoms with E-state index in [-0.39, 0.29) is 0 Å². The Kier molecular flexibility index (Phi) is 4.23. The van der Waals surface area contributed by atoms with E-state index in [1.54, 1.807) is 0 Å². The van der Waals surface area contributed by atoms with E-state index in [4.69, 9.17) is 0 Å². The number of phenolic OH excluding ortho intramolecular Hbond substituents is 1. The topological polar surface area (TPSA) is 43.8 Å². The summed E-state index contributed by atoms with van der Waals surface area (Å²) in [7, 11) is 0. The number of benzene rings is 1. The molecule has 1 amide bonds. The quantitative estimate of drug-likeness (QED) is 0.901. The minimum atomic E-state index is -1.03. The fraction of sp³-hybridized carbons (Fsp3) is 0.500. The molecular formula is C14H18F2N2O2. The van der Waals surface area contributed by atoms with Gasteiger partial charge in [-0.15, -0.1) is 0 Å². The molecule has 110 valence electrons. The van der Waals surface area contributed by atoms with Crippen LogP contribution in [0.2, 0.25) is 0 Å². The minimum absolute atomic E-state index is 0.392. The molecule has 4 nitrogen and oxygen atoms in total. The van der Waals surface area contributed by atoms with Gasteiger partial charge in [-0.2, -0.15) is 0 Å². The molecule has 0 saturated carbocycles. The Morgan fingerprint density at radius 3 is 2.30 bits per heavy atom. The van der Waals surface area contributed by atoms with E-state index in [0.717, 1.165) is 6.07 Å². The maximum atomic E-state index is 13.7. The standard InChI is InChI=1S/C14H18F2N2O2/c1-9(2)17-3-5-18(6-4-17)14(20)13-11(16)7-10(15)8-12(13)19/h7-9,19H,3-6H2,1-2H3. The van der Waals surface area contributed by atoms with E-state index in [1.165, 1.54) is 4.90 Å². The van der Waals surface area contributed by atoms with Crippen LogP contribution in [-0.2, 0) is 0 Å². The summed E-state index contributed by atoms with van der Waals surface area (Å²) in [4.78, 5) is 15.9. The number of rotatable bonds is 2. The lowest BCUT2D eigenvalue weighted by atomic mass is 10.1. The second-order valence-electron chi connectivity index (χ2n) is 5.20. The lowest BCUT2D eigenvalue weighted by molar-refractivity contribution is 0.0588. The number of aromatic hydroxyl groups is 1. The molecule has 1 aromatic rings. The van der Waals surface area contributed by atoms with Crippen molar-refractivity contribution in [3.63, 3.8) is 0 Å². The summed E-state index contributed by atoms with van der Waals surface area (Å²) < 4.78 is 26.6. The first kappa shape index (κ1) is 14.7. The lowest BCUT2D eigenvalue weighted by Gasteiger charge is -2.37. The number of hydrogen-bond acceptors (Lipinski definition) is 3. The summed E-state index contributed by atoms with van der Waals surface area (Å²) in [6, 6.07) is 1.75. The van der Waals surface area contributed by atoms with Gasteiger partial charge in [-0.05, 0) is 13.8 Å². The van der Waals surface area contributed by atoms with Gasteiger partial charge < -0.3 is 10.0 Å². The fourth-order valence-electron chi connectivity index (χ4n) is 2.37. The average molecular weight is 284 g/mol. The van der Waals surface area contributed by atoms with E-state index in [9.17, 15) is 18.7 Å². The van der Waals surface area contributed by atoms with Crippen molar-refractivity contribution in [1.82, 2.24) is 9.80 Å². The molecule has 0 aliphatic carbocycles. The molecule has 0 spiro atoms. The van der Waals surface area contributed by atoms with Crippen LogP contribution in [0.4, 0.5) is 8.78 Å². The van der Waals surface area contributed by atoms with Gasteiger partial charge in [0.1, 0.15) is 22.9 Å². The van der Waals surface area contributed by atoms with Crippen molar-refractivity contribution in [2.75, 3.05) is 26.2 Å². The van der Waals surface area contributed by atoms with Gasteiger partial charge in [0.15, 0.2) is 0 Å². The second-order valence-corrected chi connectivity index (χ2v) is 5.20. The highest BCUT2D eigenvalue weighted by atomic mass is 19.1. The van der Waals surface area contributed by atoms with Crippen LogP contribution in [-0.4, -0.2) is 53.0 Å². The predicted molar refractivity (Wildman–Crippen MR) is 70.6 cm³/mol. The maximum Gasteiger partial charge on any atom is 0.260 e. The molecule has 20 heavy (non-hydrogen) atoms. The highest BCUT2D eigenvalue weighted by Gasteiger charge is 2.27.